The Balaban J connectivity index is 2.66. The quantitative estimate of drug-likeness (QED) is 0.252. The highest BCUT2D eigenvalue weighted by Crippen LogP contribution is 2.30. The fraction of sp³-hybridized carbons (Fsp3) is 0.370. The summed E-state index contributed by atoms with van der Waals surface area (Å²) in [4.78, 5) is 61.9. The van der Waals surface area contributed by atoms with E-state index < -0.39 is 51.7 Å². The molecule has 0 saturated carbocycles. The van der Waals surface area contributed by atoms with Crippen molar-refractivity contribution in [2.45, 2.75) is 59.9 Å². The van der Waals surface area contributed by atoms with Gasteiger partial charge in [-0.25, -0.2) is 14.4 Å². The fourth-order valence-corrected chi connectivity index (χ4v) is 3.43. The van der Waals surface area contributed by atoms with Crippen LogP contribution in [0.1, 0.15) is 106 Å². The molecule has 10 nitrogen and oxygen atoms in total. The lowest BCUT2D eigenvalue weighted by atomic mass is 9.79. The van der Waals surface area contributed by atoms with Crippen LogP contribution in [-0.4, -0.2) is 50.5 Å². The van der Waals surface area contributed by atoms with E-state index in [0.717, 1.165) is 18.6 Å². The summed E-state index contributed by atoms with van der Waals surface area (Å²) in [5.41, 5.74) is -2.84. The van der Waals surface area contributed by atoms with E-state index in [1.807, 2.05) is 20.8 Å². The second kappa shape index (κ2) is 10.8. The Morgan fingerprint density at radius 3 is 1.68 bits per heavy atom. The third-order valence-electron chi connectivity index (χ3n) is 6.41. The zero-order chi connectivity index (χ0) is 28.3. The van der Waals surface area contributed by atoms with Crippen LogP contribution in [0.25, 0.3) is 0 Å². The zero-order valence-electron chi connectivity index (χ0n) is 21.7. The van der Waals surface area contributed by atoms with E-state index in [1.54, 1.807) is 20.8 Å². The lowest BCUT2D eigenvalue weighted by Crippen LogP contribution is -2.29. The van der Waals surface area contributed by atoms with Gasteiger partial charge in [0.25, 0.3) is 5.91 Å². The number of ketones is 1. The van der Waals surface area contributed by atoms with Crippen molar-refractivity contribution in [3.05, 3.63) is 58.1 Å². The maximum absolute atomic E-state index is 13.2. The Hall–Kier alpha value is -4.21. The summed E-state index contributed by atoms with van der Waals surface area (Å²) < 4.78 is 0. The summed E-state index contributed by atoms with van der Waals surface area (Å²) in [6, 6.07) is 5.89. The molecule has 2 rings (SSSR count). The number of hydrogen-bond acceptors (Lipinski definition) is 6. The van der Waals surface area contributed by atoms with Crippen molar-refractivity contribution < 1.29 is 39.3 Å². The first-order valence-corrected chi connectivity index (χ1v) is 11.7. The van der Waals surface area contributed by atoms with Crippen molar-refractivity contribution in [3.8, 4) is 0 Å². The minimum absolute atomic E-state index is 0.0692. The van der Waals surface area contributed by atoms with Crippen LogP contribution in [0.4, 0.5) is 11.4 Å². The van der Waals surface area contributed by atoms with Gasteiger partial charge in [0, 0.05) is 27.9 Å². The number of carbonyl (C=O) groups excluding carboxylic acids is 2. The third-order valence-corrected chi connectivity index (χ3v) is 6.41. The van der Waals surface area contributed by atoms with E-state index in [9.17, 15) is 39.3 Å². The predicted molar refractivity (Wildman–Crippen MR) is 138 cm³/mol. The van der Waals surface area contributed by atoms with Gasteiger partial charge in [-0.15, -0.1) is 0 Å². The highest BCUT2D eigenvalue weighted by atomic mass is 16.4. The molecule has 0 saturated heterocycles. The van der Waals surface area contributed by atoms with E-state index in [2.05, 4.69) is 10.6 Å². The molecular formula is C27H32N2O8. The Labute approximate surface area is 214 Å². The topological polar surface area (TPSA) is 170 Å². The third kappa shape index (κ3) is 6.72. The number of Topliss-reactive ketones (excluding diaryl/α,β-unsaturated/α-hetero) is 1. The zero-order valence-corrected chi connectivity index (χ0v) is 21.7. The van der Waals surface area contributed by atoms with Crippen LogP contribution in [0.15, 0.2) is 30.3 Å². The molecule has 0 heterocycles. The maximum Gasteiger partial charge on any atom is 0.336 e. The molecule has 198 valence electrons. The number of carbonyl (C=O) groups is 5. The van der Waals surface area contributed by atoms with Crippen molar-refractivity contribution in [1.29, 1.82) is 0 Å². The molecule has 0 unspecified atom stereocenters. The lowest BCUT2D eigenvalue weighted by molar-refractivity contribution is 0.0677. The molecule has 0 aliphatic carbocycles. The van der Waals surface area contributed by atoms with Gasteiger partial charge in [-0.05, 0) is 57.0 Å². The number of benzene rings is 2. The summed E-state index contributed by atoms with van der Waals surface area (Å²) in [6.45, 7) is 10.8. The molecule has 0 spiro atoms. The molecule has 5 N–H and O–H groups in total. The molecule has 0 radical (unpaired) electrons. The molecule has 2 aromatic rings. The lowest BCUT2D eigenvalue weighted by Gasteiger charge is -2.26. The van der Waals surface area contributed by atoms with Gasteiger partial charge in [-0.3, -0.25) is 9.59 Å². The average molecular weight is 513 g/mol. The highest BCUT2D eigenvalue weighted by molar-refractivity contribution is 6.16. The van der Waals surface area contributed by atoms with Crippen LogP contribution in [0.5, 0.6) is 0 Å². The van der Waals surface area contributed by atoms with Crippen molar-refractivity contribution >= 4 is 41.0 Å². The van der Waals surface area contributed by atoms with Crippen LogP contribution in [0, 0.1) is 5.41 Å². The van der Waals surface area contributed by atoms with Gasteiger partial charge in [-0.2, -0.15) is 0 Å². The van der Waals surface area contributed by atoms with Crippen LogP contribution >= 0.6 is 0 Å². The van der Waals surface area contributed by atoms with E-state index >= 15 is 0 Å². The van der Waals surface area contributed by atoms with Crippen molar-refractivity contribution in [2.24, 2.45) is 5.41 Å². The molecule has 0 aliphatic rings. The number of hydrogen-bond donors (Lipinski definition) is 5. The summed E-state index contributed by atoms with van der Waals surface area (Å²) in [5, 5.41) is 34.6. The Kier molecular flexibility index (Phi) is 8.48. The van der Waals surface area contributed by atoms with Crippen molar-refractivity contribution in [2.75, 3.05) is 10.6 Å². The Morgan fingerprint density at radius 1 is 0.676 bits per heavy atom. The van der Waals surface area contributed by atoms with Crippen LogP contribution < -0.4 is 10.6 Å². The first kappa shape index (κ1) is 29.0. The van der Waals surface area contributed by atoms with Crippen LogP contribution in [0.2, 0.25) is 0 Å². The molecule has 0 aromatic heterocycles. The van der Waals surface area contributed by atoms with Crippen molar-refractivity contribution in [3.63, 3.8) is 0 Å². The molecule has 0 bridgehead atoms. The van der Waals surface area contributed by atoms with Crippen LogP contribution in [0.3, 0.4) is 0 Å². The minimum atomic E-state index is -1.56. The Morgan fingerprint density at radius 2 is 1.19 bits per heavy atom. The summed E-state index contributed by atoms with van der Waals surface area (Å²) in [5.74, 6) is -5.80. The fourth-order valence-electron chi connectivity index (χ4n) is 3.43. The van der Waals surface area contributed by atoms with E-state index in [1.165, 1.54) is 18.2 Å². The van der Waals surface area contributed by atoms with Gasteiger partial charge >= 0.3 is 17.9 Å². The second-order valence-corrected chi connectivity index (χ2v) is 10.0. The molecule has 10 heteroatoms. The second-order valence-electron chi connectivity index (χ2n) is 10.0. The summed E-state index contributed by atoms with van der Waals surface area (Å²) in [7, 11) is 0. The maximum atomic E-state index is 13.2. The molecule has 0 atom stereocenters. The SMILES string of the molecule is CCC(C)(C)Nc1cc(NC(=O)c2cc(C(=O)C(C)(C)CC)c(C(=O)O)cc2C(=O)O)cc(C(=O)O)c1. The smallest absolute Gasteiger partial charge is 0.336 e. The standard InChI is InChI=1S/C27H32N2O8/c1-7-26(3,4)21(30)17-12-18(20(25(36)37)13-19(17)24(34)35)22(31)28-15-9-14(23(32)33)10-16(11-15)29-27(5,6)8-2/h9-13,29H,7-8H2,1-6H3,(H,28,31)(H,32,33)(H,34,35)(H,36,37). The van der Waals surface area contributed by atoms with Gasteiger partial charge in [0.05, 0.1) is 22.3 Å². The number of carboxylic acids is 3. The number of aromatic carboxylic acids is 3. The molecule has 2 aromatic carbocycles. The summed E-state index contributed by atoms with van der Waals surface area (Å²) >= 11 is 0. The van der Waals surface area contributed by atoms with E-state index in [0.29, 0.717) is 12.1 Å². The van der Waals surface area contributed by atoms with Gasteiger partial charge in [0.15, 0.2) is 5.78 Å². The molecule has 1 amide bonds. The number of rotatable bonds is 11. The van der Waals surface area contributed by atoms with Crippen LogP contribution in [-0.2, 0) is 0 Å². The average Bonchev–Trinajstić information content (AvgIpc) is 2.81. The predicted octanol–water partition coefficient (Wildman–Crippen LogP) is 5.25. The van der Waals surface area contributed by atoms with Gasteiger partial charge in [0.2, 0.25) is 0 Å². The normalized spacial score (nSPS) is 11.5. The van der Waals surface area contributed by atoms with E-state index in [-0.39, 0.29) is 22.4 Å². The van der Waals surface area contributed by atoms with Gasteiger partial charge < -0.3 is 26.0 Å². The number of anilines is 2. The molecule has 0 aliphatic heterocycles. The monoisotopic (exact) mass is 512 g/mol. The van der Waals surface area contributed by atoms with E-state index in [4.69, 9.17) is 0 Å². The largest absolute Gasteiger partial charge is 0.478 e. The number of amides is 1. The first-order valence-electron chi connectivity index (χ1n) is 11.7. The van der Waals surface area contributed by atoms with Gasteiger partial charge in [-0.1, -0.05) is 27.7 Å². The molecule has 37 heavy (non-hydrogen) atoms. The summed E-state index contributed by atoms with van der Waals surface area (Å²) in [6.07, 6.45) is 1.09. The van der Waals surface area contributed by atoms with Gasteiger partial charge in [0.1, 0.15) is 0 Å². The Bertz CT molecular complexity index is 1280. The molecule has 0 fully saturated rings. The highest BCUT2D eigenvalue weighted by Gasteiger charge is 2.32. The molecular weight excluding hydrogens is 480 g/mol. The minimum Gasteiger partial charge on any atom is -0.478 e. The number of carboxylic acid groups (broad SMARTS) is 3. The first-order chi connectivity index (χ1) is 17.0. The van der Waals surface area contributed by atoms with Crippen molar-refractivity contribution in [1.82, 2.24) is 0 Å². The number of nitrogens with one attached hydrogen (secondary N) is 2.